The standard InChI is InChI=1S/C23H21NO3/c1-26-19-13-11-18(12-14-19)16-24-22(15-17-7-3-2-4-8-17)27-21-10-6-5-9-20(21)23(24)25/h2-14,22H,15-16H2,1H3. The smallest absolute Gasteiger partial charge is 0.260 e. The molecule has 0 bridgehead atoms. The van der Waals surface area contributed by atoms with Crippen molar-refractivity contribution < 1.29 is 14.3 Å². The van der Waals surface area contributed by atoms with Gasteiger partial charge in [-0.1, -0.05) is 54.6 Å². The molecular formula is C23H21NO3. The minimum absolute atomic E-state index is 0.00593. The molecule has 1 heterocycles. The molecule has 0 saturated carbocycles. The van der Waals surface area contributed by atoms with Crippen LogP contribution in [0.2, 0.25) is 0 Å². The van der Waals surface area contributed by atoms with Crippen molar-refractivity contribution in [2.45, 2.75) is 19.2 Å². The number of hydrogen-bond acceptors (Lipinski definition) is 3. The van der Waals surface area contributed by atoms with E-state index in [-0.39, 0.29) is 12.1 Å². The second kappa shape index (κ2) is 7.54. The van der Waals surface area contributed by atoms with Gasteiger partial charge in [-0.3, -0.25) is 9.69 Å². The van der Waals surface area contributed by atoms with Gasteiger partial charge >= 0.3 is 0 Å². The third kappa shape index (κ3) is 3.65. The molecule has 1 aliphatic rings. The second-order valence-electron chi connectivity index (χ2n) is 6.54. The van der Waals surface area contributed by atoms with Gasteiger partial charge in [-0.15, -0.1) is 0 Å². The van der Waals surface area contributed by atoms with E-state index in [9.17, 15) is 4.79 Å². The van der Waals surface area contributed by atoms with Crippen molar-refractivity contribution in [2.75, 3.05) is 7.11 Å². The largest absolute Gasteiger partial charge is 0.497 e. The van der Waals surface area contributed by atoms with Crippen molar-refractivity contribution in [3.8, 4) is 11.5 Å². The van der Waals surface area contributed by atoms with Crippen LogP contribution in [0.3, 0.4) is 0 Å². The summed E-state index contributed by atoms with van der Waals surface area (Å²) in [6.07, 6.45) is 0.286. The van der Waals surface area contributed by atoms with Crippen molar-refractivity contribution in [1.29, 1.82) is 0 Å². The molecule has 27 heavy (non-hydrogen) atoms. The molecule has 4 rings (SSSR count). The van der Waals surface area contributed by atoms with Gasteiger partial charge in [0.2, 0.25) is 0 Å². The van der Waals surface area contributed by atoms with Gasteiger partial charge < -0.3 is 9.47 Å². The fraction of sp³-hybridized carbons (Fsp3) is 0.174. The van der Waals surface area contributed by atoms with Crippen LogP contribution < -0.4 is 9.47 Å². The number of benzene rings is 3. The van der Waals surface area contributed by atoms with E-state index in [0.717, 1.165) is 16.9 Å². The van der Waals surface area contributed by atoms with Gasteiger partial charge in [-0.05, 0) is 35.4 Å². The lowest BCUT2D eigenvalue weighted by molar-refractivity contribution is 0.00635. The normalized spacial score (nSPS) is 15.8. The van der Waals surface area contributed by atoms with E-state index in [1.165, 1.54) is 0 Å². The summed E-state index contributed by atoms with van der Waals surface area (Å²) >= 11 is 0. The van der Waals surface area contributed by atoms with Crippen LogP contribution in [0.5, 0.6) is 11.5 Å². The first-order valence-electron chi connectivity index (χ1n) is 8.98. The minimum Gasteiger partial charge on any atom is -0.497 e. The Kier molecular flexibility index (Phi) is 4.79. The fourth-order valence-electron chi connectivity index (χ4n) is 3.31. The second-order valence-corrected chi connectivity index (χ2v) is 6.54. The first kappa shape index (κ1) is 17.2. The fourth-order valence-corrected chi connectivity index (χ4v) is 3.31. The van der Waals surface area contributed by atoms with E-state index in [1.807, 2.05) is 66.7 Å². The van der Waals surface area contributed by atoms with Gasteiger partial charge in [0, 0.05) is 13.0 Å². The summed E-state index contributed by atoms with van der Waals surface area (Å²) in [6.45, 7) is 0.481. The molecule has 4 heteroatoms. The molecule has 0 N–H and O–H groups in total. The maximum atomic E-state index is 13.2. The molecule has 0 aliphatic carbocycles. The highest BCUT2D eigenvalue weighted by atomic mass is 16.5. The van der Waals surface area contributed by atoms with Crippen molar-refractivity contribution >= 4 is 5.91 Å². The number of ether oxygens (including phenoxy) is 2. The van der Waals surface area contributed by atoms with Crippen LogP contribution in [0.25, 0.3) is 0 Å². The molecule has 0 fully saturated rings. The minimum atomic E-state index is -0.350. The molecule has 0 aromatic heterocycles. The van der Waals surface area contributed by atoms with Crippen LogP contribution in [-0.2, 0) is 13.0 Å². The van der Waals surface area contributed by atoms with Gasteiger partial charge in [0.05, 0.1) is 12.7 Å². The van der Waals surface area contributed by atoms with E-state index >= 15 is 0 Å². The molecule has 0 saturated heterocycles. The topological polar surface area (TPSA) is 38.8 Å². The molecule has 1 aliphatic heterocycles. The van der Waals surface area contributed by atoms with Crippen molar-refractivity contribution in [2.24, 2.45) is 0 Å². The average molecular weight is 359 g/mol. The van der Waals surface area contributed by atoms with Crippen LogP contribution in [0, 0.1) is 0 Å². The highest BCUT2D eigenvalue weighted by molar-refractivity contribution is 5.98. The highest BCUT2D eigenvalue weighted by Gasteiger charge is 2.33. The molecular weight excluding hydrogens is 338 g/mol. The number of carbonyl (C=O) groups is 1. The Morgan fingerprint density at radius 2 is 1.59 bits per heavy atom. The van der Waals surface area contributed by atoms with Crippen LogP contribution in [0.15, 0.2) is 78.9 Å². The first-order chi connectivity index (χ1) is 13.2. The Morgan fingerprint density at radius 1 is 0.889 bits per heavy atom. The van der Waals surface area contributed by atoms with E-state index in [2.05, 4.69) is 12.1 Å². The van der Waals surface area contributed by atoms with E-state index in [4.69, 9.17) is 9.47 Å². The van der Waals surface area contributed by atoms with E-state index < -0.39 is 0 Å². The van der Waals surface area contributed by atoms with E-state index in [1.54, 1.807) is 12.0 Å². The molecule has 1 atom stereocenters. The van der Waals surface area contributed by atoms with Gasteiger partial charge in [-0.2, -0.15) is 0 Å². The molecule has 3 aromatic rings. The average Bonchev–Trinajstić information content (AvgIpc) is 2.72. The number of fused-ring (bicyclic) bond motifs is 1. The lowest BCUT2D eigenvalue weighted by atomic mass is 10.1. The Hall–Kier alpha value is -3.27. The van der Waals surface area contributed by atoms with Crippen molar-refractivity contribution in [3.05, 3.63) is 95.6 Å². The molecule has 0 spiro atoms. The number of amides is 1. The summed E-state index contributed by atoms with van der Waals surface area (Å²) in [5.41, 5.74) is 2.77. The van der Waals surface area contributed by atoms with Crippen LogP contribution >= 0.6 is 0 Å². The monoisotopic (exact) mass is 359 g/mol. The third-order valence-corrected chi connectivity index (χ3v) is 4.75. The molecule has 1 unspecified atom stereocenters. The van der Waals surface area contributed by atoms with Crippen molar-refractivity contribution in [1.82, 2.24) is 4.90 Å². The summed E-state index contributed by atoms with van der Waals surface area (Å²) in [4.78, 5) is 15.0. The zero-order valence-corrected chi connectivity index (χ0v) is 15.2. The first-order valence-corrected chi connectivity index (χ1v) is 8.98. The number of carbonyl (C=O) groups excluding carboxylic acids is 1. The zero-order valence-electron chi connectivity index (χ0n) is 15.2. The lowest BCUT2D eigenvalue weighted by Crippen LogP contribution is -2.48. The number of para-hydroxylation sites is 1. The maximum Gasteiger partial charge on any atom is 0.260 e. The molecule has 0 radical (unpaired) electrons. The van der Waals surface area contributed by atoms with Gasteiger partial charge in [0.1, 0.15) is 11.5 Å². The lowest BCUT2D eigenvalue weighted by Gasteiger charge is -2.37. The predicted molar refractivity (Wildman–Crippen MR) is 104 cm³/mol. The number of nitrogens with zero attached hydrogens (tertiary/aromatic N) is 1. The summed E-state index contributed by atoms with van der Waals surface area (Å²) in [7, 11) is 1.64. The predicted octanol–water partition coefficient (Wildman–Crippen LogP) is 4.30. The maximum absolute atomic E-state index is 13.2. The summed E-state index contributed by atoms with van der Waals surface area (Å²) in [6, 6.07) is 25.3. The number of rotatable bonds is 5. The Bertz CT molecular complexity index is 922. The molecule has 3 aromatic carbocycles. The summed E-state index contributed by atoms with van der Waals surface area (Å²) < 4.78 is 11.4. The molecule has 136 valence electrons. The van der Waals surface area contributed by atoms with Crippen LogP contribution in [0.4, 0.5) is 0 Å². The third-order valence-electron chi connectivity index (χ3n) is 4.75. The SMILES string of the molecule is COc1ccc(CN2C(=O)c3ccccc3OC2Cc2ccccc2)cc1. The Balaban J connectivity index is 1.64. The number of methoxy groups -OCH3 is 1. The van der Waals surface area contributed by atoms with E-state index in [0.29, 0.717) is 24.3 Å². The molecule has 1 amide bonds. The summed E-state index contributed by atoms with van der Waals surface area (Å²) in [5, 5.41) is 0. The summed E-state index contributed by atoms with van der Waals surface area (Å²) in [5.74, 6) is 1.44. The Labute approximate surface area is 159 Å². The zero-order chi connectivity index (χ0) is 18.6. The highest BCUT2D eigenvalue weighted by Crippen LogP contribution is 2.30. The Morgan fingerprint density at radius 3 is 2.33 bits per heavy atom. The van der Waals surface area contributed by atoms with Crippen LogP contribution in [-0.4, -0.2) is 24.1 Å². The van der Waals surface area contributed by atoms with Gasteiger partial charge in [0.25, 0.3) is 5.91 Å². The van der Waals surface area contributed by atoms with Crippen molar-refractivity contribution in [3.63, 3.8) is 0 Å². The van der Waals surface area contributed by atoms with Crippen LogP contribution in [0.1, 0.15) is 21.5 Å². The number of hydrogen-bond donors (Lipinski definition) is 0. The quantitative estimate of drug-likeness (QED) is 0.682. The van der Waals surface area contributed by atoms with Gasteiger partial charge in [-0.25, -0.2) is 0 Å². The molecule has 4 nitrogen and oxygen atoms in total. The van der Waals surface area contributed by atoms with Gasteiger partial charge in [0.15, 0.2) is 6.23 Å².